The summed E-state index contributed by atoms with van der Waals surface area (Å²) < 4.78 is 0.909. The molecule has 5 heteroatoms. The molecule has 0 aliphatic rings. The molecule has 0 unspecified atom stereocenters. The Bertz CT molecular complexity index is 653. The van der Waals surface area contributed by atoms with Crippen LogP contribution >= 0.6 is 27.5 Å². The summed E-state index contributed by atoms with van der Waals surface area (Å²) in [4.78, 5) is 15.9. The summed E-state index contributed by atoms with van der Waals surface area (Å²) in [5.74, 6) is 0.297. The highest BCUT2D eigenvalue weighted by molar-refractivity contribution is 9.10. The van der Waals surface area contributed by atoms with Gasteiger partial charge in [0.15, 0.2) is 0 Å². The molecule has 0 bridgehead atoms. The van der Waals surface area contributed by atoms with Gasteiger partial charge in [0.05, 0.1) is 0 Å². The van der Waals surface area contributed by atoms with Crippen LogP contribution in [0.15, 0.2) is 47.1 Å². The Morgan fingerprint density at radius 3 is 2.70 bits per heavy atom. The summed E-state index contributed by atoms with van der Waals surface area (Å²) in [5.41, 5.74) is 1.92. The van der Waals surface area contributed by atoms with E-state index in [1.807, 2.05) is 19.1 Å². The summed E-state index contributed by atoms with van der Waals surface area (Å²) in [6, 6.07) is 9.04. The number of hydrogen-bond acceptors (Lipinski definition) is 2. The molecule has 0 aliphatic heterocycles. The molecule has 0 atom stereocenters. The molecule has 2 rings (SSSR count). The number of anilines is 1. The zero-order chi connectivity index (χ0) is 14.5. The van der Waals surface area contributed by atoms with Crippen LogP contribution in [0.2, 0.25) is 5.02 Å². The molecule has 1 amide bonds. The van der Waals surface area contributed by atoms with Crippen molar-refractivity contribution in [1.29, 1.82) is 0 Å². The van der Waals surface area contributed by atoms with Gasteiger partial charge in [0, 0.05) is 21.8 Å². The summed E-state index contributed by atoms with van der Waals surface area (Å²) in [7, 11) is 0. The van der Waals surface area contributed by atoms with Crippen molar-refractivity contribution in [2.45, 2.75) is 6.92 Å². The van der Waals surface area contributed by atoms with Crippen LogP contribution in [0.25, 0.3) is 6.08 Å². The third-order valence-corrected chi connectivity index (χ3v) is 3.68. The van der Waals surface area contributed by atoms with Crippen LogP contribution in [0.4, 0.5) is 5.82 Å². The first-order valence-electron chi connectivity index (χ1n) is 5.91. The minimum absolute atomic E-state index is 0.228. The molecule has 3 nitrogen and oxygen atoms in total. The highest BCUT2D eigenvalue weighted by Gasteiger charge is 2.01. The Morgan fingerprint density at radius 1 is 1.35 bits per heavy atom. The largest absolute Gasteiger partial charge is 0.307 e. The average Bonchev–Trinajstić information content (AvgIpc) is 2.42. The van der Waals surface area contributed by atoms with Crippen LogP contribution < -0.4 is 5.32 Å². The maximum atomic E-state index is 11.8. The fourth-order valence-corrected chi connectivity index (χ4v) is 1.86. The first-order valence-corrected chi connectivity index (χ1v) is 7.08. The first-order chi connectivity index (χ1) is 9.54. The van der Waals surface area contributed by atoms with Crippen molar-refractivity contribution in [3.63, 3.8) is 0 Å². The van der Waals surface area contributed by atoms with Crippen molar-refractivity contribution < 1.29 is 4.79 Å². The molecule has 1 aromatic heterocycles. The van der Waals surface area contributed by atoms with E-state index in [2.05, 4.69) is 26.2 Å². The fourth-order valence-electron chi connectivity index (χ4n) is 1.52. The zero-order valence-electron chi connectivity index (χ0n) is 10.7. The number of nitrogens with zero attached hydrogens (tertiary/aromatic N) is 1. The monoisotopic (exact) mass is 350 g/mol. The van der Waals surface area contributed by atoms with Crippen LogP contribution in [0.3, 0.4) is 0 Å². The van der Waals surface area contributed by atoms with Gasteiger partial charge in [0.1, 0.15) is 5.82 Å². The van der Waals surface area contributed by atoms with E-state index in [1.165, 1.54) is 6.08 Å². The Labute approximate surface area is 130 Å². The summed E-state index contributed by atoms with van der Waals surface area (Å²) in [6.45, 7) is 1.94. The standard InChI is InChI=1S/C15H12BrClN2O/c1-10-8-14(18-9-13(10)16)19-15(20)7-4-11-2-5-12(17)6-3-11/h2-9H,1H3,(H,18,19,20)/b7-4+. The topological polar surface area (TPSA) is 42.0 Å². The molecule has 2 aromatic rings. The second kappa shape index (κ2) is 6.68. The molecule has 0 saturated heterocycles. The number of halogens is 2. The summed E-state index contributed by atoms with van der Waals surface area (Å²) in [5, 5.41) is 3.38. The second-order valence-electron chi connectivity index (χ2n) is 4.19. The predicted molar refractivity (Wildman–Crippen MR) is 85.8 cm³/mol. The van der Waals surface area contributed by atoms with E-state index in [4.69, 9.17) is 11.6 Å². The van der Waals surface area contributed by atoms with Crippen molar-refractivity contribution in [3.05, 3.63) is 63.2 Å². The lowest BCUT2D eigenvalue weighted by Gasteiger charge is -2.03. The van der Waals surface area contributed by atoms with Gasteiger partial charge in [0.2, 0.25) is 5.91 Å². The number of hydrogen-bond donors (Lipinski definition) is 1. The van der Waals surface area contributed by atoms with Crippen LogP contribution in [-0.2, 0) is 4.79 Å². The van der Waals surface area contributed by atoms with E-state index >= 15 is 0 Å². The van der Waals surface area contributed by atoms with E-state index in [9.17, 15) is 4.79 Å². The quantitative estimate of drug-likeness (QED) is 0.830. The smallest absolute Gasteiger partial charge is 0.249 e. The normalized spacial score (nSPS) is 10.8. The van der Waals surface area contributed by atoms with Gasteiger partial charge in [0.25, 0.3) is 0 Å². The molecular weight excluding hydrogens is 340 g/mol. The first kappa shape index (κ1) is 14.8. The van der Waals surface area contributed by atoms with Crippen molar-refractivity contribution in [1.82, 2.24) is 4.98 Å². The highest BCUT2D eigenvalue weighted by atomic mass is 79.9. The minimum atomic E-state index is -0.228. The fraction of sp³-hybridized carbons (Fsp3) is 0.0667. The molecule has 0 aliphatic carbocycles. The van der Waals surface area contributed by atoms with E-state index in [-0.39, 0.29) is 5.91 Å². The van der Waals surface area contributed by atoms with Gasteiger partial charge in [-0.1, -0.05) is 23.7 Å². The van der Waals surface area contributed by atoms with E-state index < -0.39 is 0 Å². The summed E-state index contributed by atoms with van der Waals surface area (Å²) >= 11 is 9.16. The maximum absolute atomic E-state index is 11.8. The third kappa shape index (κ3) is 4.18. The van der Waals surface area contributed by atoms with Crippen molar-refractivity contribution in [2.24, 2.45) is 0 Å². The van der Waals surface area contributed by atoms with Crippen molar-refractivity contribution in [3.8, 4) is 0 Å². The Hall–Kier alpha value is -1.65. The lowest BCUT2D eigenvalue weighted by molar-refractivity contribution is -0.111. The number of carbonyl (C=O) groups is 1. The van der Waals surface area contributed by atoms with Gasteiger partial charge >= 0.3 is 0 Å². The van der Waals surface area contributed by atoms with Gasteiger partial charge in [-0.05, 0) is 58.3 Å². The van der Waals surface area contributed by atoms with Gasteiger partial charge in [-0.2, -0.15) is 0 Å². The van der Waals surface area contributed by atoms with Gasteiger partial charge < -0.3 is 5.32 Å². The Balaban J connectivity index is 2.01. The Kier molecular flexibility index (Phi) is 4.93. The van der Waals surface area contributed by atoms with Gasteiger partial charge in [-0.15, -0.1) is 0 Å². The number of amides is 1. The molecule has 0 saturated carbocycles. The lowest BCUT2D eigenvalue weighted by Crippen LogP contribution is -2.09. The Morgan fingerprint density at radius 2 is 2.05 bits per heavy atom. The SMILES string of the molecule is Cc1cc(NC(=O)/C=C/c2ccc(Cl)cc2)ncc1Br. The highest BCUT2D eigenvalue weighted by Crippen LogP contribution is 2.17. The number of aromatic nitrogens is 1. The molecule has 0 radical (unpaired) electrons. The zero-order valence-corrected chi connectivity index (χ0v) is 13.1. The molecular formula is C15H12BrClN2O. The van der Waals surface area contributed by atoms with Crippen molar-refractivity contribution >= 4 is 45.3 Å². The summed E-state index contributed by atoms with van der Waals surface area (Å²) in [6.07, 6.45) is 4.84. The van der Waals surface area contributed by atoms with Crippen LogP contribution in [0, 0.1) is 6.92 Å². The molecule has 20 heavy (non-hydrogen) atoms. The van der Waals surface area contributed by atoms with E-state index in [0.29, 0.717) is 10.8 Å². The average molecular weight is 352 g/mol. The van der Waals surface area contributed by atoms with Gasteiger partial charge in [-0.25, -0.2) is 4.98 Å². The number of benzene rings is 1. The maximum Gasteiger partial charge on any atom is 0.249 e. The van der Waals surface area contributed by atoms with Crippen LogP contribution in [-0.4, -0.2) is 10.9 Å². The molecule has 1 N–H and O–H groups in total. The minimum Gasteiger partial charge on any atom is -0.307 e. The molecule has 1 aromatic carbocycles. The third-order valence-electron chi connectivity index (χ3n) is 2.60. The van der Waals surface area contributed by atoms with Crippen LogP contribution in [0.1, 0.15) is 11.1 Å². The molecule has 0 fully saturated rings. The van der Waals surface area contributed by atoms with Crippen LogP contribution in [0.5, 0.6) is 0 Å². The van der Waals surface area contributed by atoms with Crippen molar-refractivity contribution in [2.75, 3.05) is 5.32 Å². The number of aryl methyl sites for hydroxylation is 1. The number of nitrogens with one attached hydrogen (secondary N) is 1. The molecule has 1 heterocycles. The molecule has 0 spiro atoms. The lowest BCUT2D eigenvalue weighted by atomic mass is 10.2. The number of pyridine rings is 1. The van der Waals surface area contributed by atoms with Gasteiger partial charge in [-0.3, -0.25) is 4.79 Å². The van der Waals surface area contributed by atoms with E-state index in [0.717, 1.165) is 15.6 Å². The number of carbonyl (C=O) groups excluding carboxylic acids is 1. The second-order valence-corrected chi connectivity index (χ2v) is 5.48. The number of rotatable bonds is 3. The predicted octanol–water partition coefficient (Wildman–Crippen LogP) is 4.46. The van der Waals surface area contributed by atoms with E-state index in [1.54, 1.807) is 30.5 Å². The molecule has 102 valence electrons.